The number of nitro groups is 1. The van der Waals surface area contributed by atoms with Crippen molar-refractivity contribution in [3.63, 3.8) is 0 Å². The maximum atomic E-state index is 11.6. The zero-order valence-electron chi connectivity index (χ0n) is 11.1. The minimum Gasteiger partial charge on any atom is -0.449 e. The number of aryl methyl sites for hydroxylation is 1. The molecule has 0 aliphatic rings. The van der Waals surface area contributed by atoms with Crippen molar-refractivity contribution in [2.45, 2.75) is 12.8 Å². The highest BCUT2D eigenvalue weighted by atomic mass is 16.6. The zero-order valence-corrected chi connectivity index (χ0v) is 11.1. The summed E-state index contributed by atoms with van der Waals surface area (Å²) in [6.07, 6.45) is 3.91. The highest BCUT2D eigenvalue weighted by Gasteiger charge is 2.15. The molecule has 1 aromatic carbocycles. The number of benzene rings is 1. The molecule has 0 saturated heterocycles. The summed E-state index contributed by atoms with van der Waals surface area (Å²) in [5.41, 5.74) is 0.894. The molecule has 1 heterocycles. The van der Waals surface area contributed by atoms with Crippen LogP contribution in [0.4, 0.5) is 16.2 Å². The SMILES string of the molecule is O=C(Nc1ccccc1[N+](=O)[O-])OCCCc1cnc[nH]1. The Labute approximate surface area is 120 Å². The van der Waals surface area contributed by atoms with Crippen LogP contribution in [0.15, 0.2) is 36.8 Å². The Balaban J connectivity index is 1.78. The predicted molar refractivity (Wildman–Crippen MR) is 75.0 cm³/mol. The third kappa shape index (κ3) is 4.30. The summed E-state index contributed by atoms with van der Waals surface area (Å²) in [6, 6.07) is 5.89. The molecule has 0 spiro atoms. The van der Waals surface area contributed by atoms with Gasteiger partial charge in [0.15, 0.2) is 0 Å². The van der Waals surface area contributed by atoms with Gasteiger partial charge in [-0.25, -0.2) is 9.78 Å². The van der Waals surface area contributed by atoms with Crippen LogP contribution in [0.5, 0.6) is 0 Å². The summed E-state index contributed by atoms with van der Waals surface area (Å²) < 4.78 is 4.97. The van der Waals surface area contributed by atoms with Crippen LogP contribution < -0.4 is 5.32 Å². The molecular weight excluding hydrogens is 276 g/mol. The van der Waals surface area contributed by atoms with Gasteiger partial charge in [-0.05, 0) is 18.9 Å². The molecule has 0 bridgehead atoms. The van der Waals surface area contributed by atoms with Crippen LogP contribution in [0.2, 0.25) is 0 Å². The molecule has 0 aliphatic heterocycles. The number of para-hydroxylation sites is 2. The van der Waals surface area contributed by atoms with Gasteiger partial charge in [0.05, 0.1) is 17.9 Å². The molecule has 2 aromatic rings. The lowest BCUT2D eigenvalue weighted by Gasteiger charge is -2.07. The number of H-pyrrole nitrogens is 1. The fourth-order valence-electron chi connectivity index (χ4n) is 1.73. The van der Waals surface area contributed by atoms with Gasteiger partial charge in [-0.15, -0.1) is 0 Å². The number of nitrogens with zero attached hydrogens (tertiary/aromatic N) is 2. The van der Waals surface area contributed by atoms with Gasteiger partial charge in [0.2, 0.25) is 0 Å². The average molecular weight is 290 g/mol. The Bertz CT molecular complexity index is 612. The van der Waals surface area contributed by atoms with E-state index in [-0.39, 0.29) is 18.0 Å². The van der Waals surface area contributed by atoms with Crippen molar-refractivity contribution in [2.75, 3.05) is 11.9 Å². The molecular formula is C13H14N4O4. The first kappa shape index (κ1) is 14.5. The van der Waals surface area contributed by atoms with Crippen LogP contribution in [0.25, 0.3) is 0 Å². The summed E-state index contributed by atoms with van der Waals surface area (Å²) in [5, 5.41) is 13.2. The molecule has 8 nitrogen and oxygen atoms in total. The molecule has 110 valence electrons. The molecule has 0 unspecified atom stereocenters. The molecule has 0 aliphatic carbocycles. The van der Waals surface area contributed by atoms with Crippen molar-refractivity contribution in [2.24, 2.45) is 0 Å². The smallest absolute Gasteiger partial charge is 0.411 e. The minimum atomic E-state index is -0.714. The second kappa shape index (κ2) is 7.04. The van der Waals surface area contributed by atoms with Crippen molar-refractivity contribution >= 4 is 17.5 Å². The van der Waals surface area contributed by atoms with Gasteiger partial charge in [-0.1, -0.05) is 12.1 Å². The second-order valence-electron chi connectivity index (χ2n) is 4.22. The fourth-order valence-corrected chi connectivity index (χ4v) is 1.73. The molecule has 21 heavy (non-hydrogen) atoms. The molecule has 1 aromatic heterocycles. The Hall–Kier alpha value is -2.90. The number of imidazole rings is 1. The van der Waals surface area contributed by atoms with Crippen LogP contribution in [0.3, 0.4) is 0 Å². The number of rotatable bonds is 6. The van der Waals surface area contributed by atoms with E-state index in [1.165, 1.54) is 18.2 Å². The first-order valence-corrected chi connectivity index (χ1v) is 6.31. The number of hydrogen-bond donors (Lipinski definition) is 2. The number of nitrogens with one attached hydrogen (secondary N) is 2. The molecule has 0 radical (unpaired) electrons. The summed E-state index contributed by atoms with van der Waals surface area (Å²) in [7, 11) is 0. The van der Waals surface area contributed by atoms with Gasteiger partial charge >= 0.3 is 6.09 Å². The Kier molecular flexibility index (Phi) is 4.86. The van der Waals surface area contributed by atoms with Crippen molar-refractivity contribution in [1.29, 1.82) is 0 Å². The van der Waals surface area contributed by atoms with Crippen LogP contribution in [0.1, 0.15) is 12.1 Å². The van der Waals surface area contributed by atoms with Crippen LogP contribution in [-0.4, -0.2) is 27.6 Å². The third-order valence-corrected chi connectivity index (χ3v) is 2.72. The highest BCUT2D eigenvalue weighted by Crippen LogP contribution is 2.23. The lowest BCUT2D eigenvalue weighted by molar-refractivity contribution is -0.383. The molecule has 8 heteroatoms. The molecule has 2 rings (SSSR count). The van der Waals surface area contributed by atoms with Gasteiger partial charge in [-0.2, -0.15) is 0 Å². The van der Waals surface area contributed by atoms with Crippen LogP contribution in [0, 0.1) is 10.1 Å². The number of carbonyl (C=O) groups excluding carboxylic acids is 1. The first-order valence-electron chi connectivity index (χ1n) is 6.31. The molecule has 2 N–H and O–H groups in total. The lowest BCUT2D eigenvalue weighted by atomic mass is 10.2. The summed E-state index contributed by atoms with van der Waals surface area (Å²) in [4.78, 5) is 28.6. The first-order chi connectivity index (χ1) is 10.2. The number of aromatic nitrogens is 2. The quantitative estimate of drug-likeness (QED) is 0.482. The summed E-state index contributed by atoms with van der Waals surface area (Å²) in [6.45, 7) is 0.214. The Morgan fingerprint density at radius 3 is 2.95 bits per heavy atom. The standard InChI is InChI=1S/C13H14N4O4/c18-13(21-7-3-4-10-8-14-9-15-10)16-11-5-1-2-6-12(11)17(19)20/h1-2,5-6,8-9H,3-4,7H2,(H,14,15)(H,16,18). The van der Waals surface area contributed by atoms with Crippen molar-refractivity contribution in [1.82, 2.24) is 9.97 Å². The zero-order chi connectivity index (χ0) is 15.1. The Morgan fingerprint density at radius 2 is 2.24 bits per heavy atom. The van der Waals surface area contributed by atoms with Gasteiger partial charge in [-0.3, -0.25) is 15.4 Å². The lowest BCUT2D eigenvalue weighted by Crippen LogP contribution is -2.15. The normalized spacial score (nSPS) is 10.1. The van der Waals surface area contributed by atoms with Gasteiger partial charge in [0.1, 0.15) is 5.69 Å². The molecule has 0 fully saturated rings. The van der Waals surface area contributed by atoms with E-state index in [2.05, 4.69) is 15.3 Å². The van der Waals surface area contributed by atoms with E-state index in [1.807, 2.05) is 0 Å². The summed E-state index contributed by atoms with van der Waals surface area (Å²) >= 11 is 0. The number of amides is 1. The van der Waals surface area contributed by atoms with E-state index in [0.717, 1.165) is 5.69 Å². The number of carbonyl (C=O) groups is 1. The average Bonchev–Trinajstić information content (AvgIpc) is 2.97. The van der Waals surface area contributed by atoms with E-state index in [0.29, 0.717) is 12.8 Å². The largest absolute Gasteiger partial charge is 0.449 e. The maximum Gasteiger partial charge on any atom is 0.411 e. The third-order valence-electron chi connectivity index (χ3n) is 2.72. The highest BCUT2D eigenvalue weighted by molar-refractivity contribution is 5.87. The van der Waals surface area contributed by atoms with Gasteiger partial charge < -0.3 is 9.72 Å². The van der Waals surface area contributed by atoms with E-state index in [9.17, 15) is 14.9 Å². The minimum absolute atomic E-state index is 0.112. The van der Waals surface area contributed by atoms with Crippen molar-refractivity contribution in [3.05, 3.63) is 52.6 Å². The van der Waals surface area contributed by atoms with E-state index >= 15 is 0 Å². The Morgan fingerprint density at radius 1 is 1.43 bits per heavy atom. The van der Waals surface area contributed by atoms with E-state index in [1.54, 1.807) is 18.6 Å². The van der Waals surface area contributed by atoms with E-state index in [4.69, 9.17) is 4.74 Å². The fraction of sp³-hybridized carbons (Fsp3) is 0.231. The number of hydrogen-bond acceptors (Lipinski definition) is 5. The summed E-state index contributed by atoms with van der Waals surface area (Å²) in [5.74, 6) is 0. The number of aromatic amines is 1. The number of ether oxygens (including phenoxy) is 1. The van der Waals surface area contributed by atoms with Crippen LogP contribution >= 0.6 is 0 Å². The van der Waals surface area contributed by atoms with Gasteiger partial charge in [0, 0.05) is 18.0 Å². The van der Waals surface area contributed by atoms with E-state index < -0.39 is 11.0 Å². The predicted octanol–water partition coefficient (Wildman–Crippen LogP) is 2.50. The monoisotopic (exact) mass is 290 g/mol. The van der Waals surface area contributed by atoms with Gasteiger partial charge in [0.25, 0.3) is 5.69 Å². The topological polar surface area (TPSA) is 110 Å². The number of anilines is 1. The molecule has 0 saturated carbocycles. The molecule has 1 amide bonds. The number of nitro benzene ring substituents is 1. The second-order valence-corrected chi connectivity index (χ2v) is 4.22. The maximum absolute atomic E-state index is 11.6. The van der Waals surface area contributed by atoms with Crippen molar-refractivity contribution in [3.8, 4) is 0 Å². The van der Waals surface area contributed by atoms with Crippen LogP contribution in [-0.2, 0) is 11.2 Å². The molecule has 0 atom stereocenters. The van der Waals surface area contributed by atoms with Crippen molar-refractivity contribution < 1.29 is 14.5 Å².